The van der Waals surface area contributed by atoms with Gasteiger partial charge in [-0.3, -0.25) is 14.5 Å². The number of carbonyl (C=O) groups is 1. The molecular weight excluding hydrogens is 320 g/mol. The molecule has 0 aliphatic heterocycles. The van der Waals surface area contributed by atoms with E-state index in [9.17, 15) is 4.79 Å². The Labute approximate surface area is 126 Å². The van der Waals surface area contributed by atoms with E-state index in [0.717, 1.165) is 22.3 Å². The highest BCUT2D eigenvalue weighted by Crippen LogP contribution is 2.23. The molecule has 2 rings (SSSR count). The van der Waals surface area contributed by atoms with Gasteiger partial charge in [-0.1, -0.05) is 6.92 Å². The van der Waals surface area contributed by atoms with Gasteiger partial charge in [-0.2, -0.15) is 5.10 Å². The normalized spacial score (nSPS) is 10.8. The van der Waals surface area contributed by atoms with Crippen LogP contribution in [-0.4, -0.2) is 20.5 Å². The van der Waals surface area contributed by atoms with Crippen molar-refractivity contribution < 1.29 is 4.79 Å². The zero-order valence-electron chi connectivity index (χ0n) is 11.6. The molecule has 2 heterocycles. The van der Waals surface area contributed by atoms with Gasteiger partial charge in [0.1, 0.15) is 0 Å². The molecular formula is C14H17BrN4O. The molecule has 0 atom stereocenters. The van der Waals surface area contributed by atoms with Crippen LogP contribution in [0.3, 0.4) is 0 Å². The molecule has 2 aromatic heterocycles. The van der Waals surface area contributed by atoms with Gasteiger partial charge in [-0.05, 0) is 34.5 Å². The molecule has 0 bridgehead atoms. The summed E-state index contributed by atoms with van der Waals surface area (Å²) in [7, 11) is 1.85. The summed E-state index contributed by atoms with van der Waals surface area (Å²) in [5.41, 5.74) is 8.75. The Bertz CT molecular complexity index is 636. The van der Waals surface area contributed by atoms with Gasteiger partial charge in [0.15, 0.2) is 5.78 Å². The van der Waals surface area contributed by atoms with Crippen LogP contribution in [0.1, 0.15) is 34.4 Å². The number of rotatable bonds is 5. The number of aromatic nitrogens is 3. The van der Waals surface area contributed by atoms with Gasteiger partial charge in [-0.15, -0.1) is 0 Å². The summed E-state index contributed by atoms with van der Waals surface area (Å²) in [6.07, 6.45) is 2.75. The van der Waals surface area contributed by atoms with Crippen molar-refractivity contribution in [3.63, 3.8) is 0 Å². The van der Waals surface area contributed by atoms with Crippen molar-refractivity contribution in [2.75, 3.05) is 0 Å². The van der Waals surface area contributed by atoms with E-state index in [0.29, 0.717) is 24.2 Å². The lowest BCUT2D eigenvalue weighted by Crippen LogP contribution is -2.10. The number of nitrogens with two attached hydrogens (primary N) is 1. The van der Waals surface area contributed by atoms with E-state index in [1.807, 2.05) is 14.0 Å². The number of hydrogen-bond donors (Lipinski definition) is 1. The van der Waals surface area contributed by atoms with E-state index in [2.05, 4.69) is 26.0 Å². The molecule has 0 aliphatic rings. The number of ketones is 1. The lowest BCUT2D eigenvalue weighted by atomic mass is 10.1. The van der Waals surface area contributed by atoms with Crippen LogP contribution in [0.25, 0.3) is 0 Å². The molecule has 2 N–H and O–H groups in total. The fraction of sp³-hybridized carbons (Fsp3) is 0.357. The van der Waals surface area contributed by atoms with Crippen molar-refractivity contribution in [2.45, 2.75) is 26.3 Å². The Kier molecular flexibility index (Phi) is 4.67. The summed E-state index contributed by atoms with van der Waals surface area (Å²) in [5, 5.41) is 4.39. The molecule has 20 heavy (non-hydrogen) atoms. The quantitative estimate of drug-likeness (QED) is 0.847. The molecule has 106 valence electrons. The summed E-state index contributed by atoms with van der Waals surface area (Å²) < 4.78 is 2.68. The summed E-state index contributed by atoms with van der Waals surface area (Å²) in [6, 6.07) is 3.46. The SMILES string of the molecule is CCc1nn(C)c(CC(=O)c2ccnc(CN)c2)c1Br. The Hall–Kier alpha value is -1.53. The van der Waals surface area contributed by atoms with Gasteiger partial charge in [-0.25, -0.2) is 0 Å². The largest absolute Gasteiger partial charge is 0.325 e. The standard InChI is InChI=1S/C14H17BrN4O/c1-3-11-14(15)12(19(2)18-11)7-13(20)9-4-5-17-10(6-9)8-16/h4-6H,3,7-8,16H2,1-2H3. The summed E-state index contributed by atoms with van der Waals surface area (Å²) in [4.78, 5) is 16.4. The van der Waals surface area contributed by atoms with Crippen LogP contribution < -0.4 is 5.73 Å². The van der Waals surface area contributed by atoms with Crippen molar-refractivity contribution >= 4 is 21.7 Å². The van der Waals surface area contributed by atoms with E-state index in [-0.39, 0.29) is 5.78 Å². The third-order valence-electron chi connectivity index (χ3n) is 3.18. The summed E-state index contributed by atoms with van der Waals surface area (Å²) in [5.74, 6) is 0.0356. The fourth-order valence-corrected chi connectivity index (χ4v) is 2.79. The minimum absolute atomic E-state index is 0.0356. The van der Waals surface area contributed by atoms with Crippen molar-refractivity contribution in [3.8, 4) is 0 Å². The molecule has 5 nitrogen and oxygen atoms in total. The number of hydrogen-bond acceptors (Lipinski definition) is 4. The maximum absolute atomic E-state index is 12.4. The maximum Gasteiger partial charge on any atom is 0.168 e. The lowest BCUT2D eigenvalue weighted by Gasteiger charge is -2.04. The molecule has 0 saturated heterocycles. The number of halogens is 1. The summed E-state index contributed by atoms with van der Waals surface area (Å²) >= 11 is 3.52. The Morgan fingerprint density at radius 3 is 2.85 bits per heavy atom. The first-order valence-corrected chi connectivity index (χ1v) is 7.24. The van der Waals surface area contributed by atoms with Crippen molar-refractivity contribution in [1.82, 2.24) is 14.8 Å². The van der Waals surface area contributed by atoms with Crippen LogP contribution in [0.2, 0.25) is 0 Å². The van der Waals surface area contributed by atoms with E-state index in [4.69, 9.17) is 5.73 Å². The summed E-state index contributed by atoms with van der Waals surface area (Å²) in [6.45, 7) is 2.37. The molecule has 0 spiro atoms. The van der Waals surface area contributed by atoms with E-state index < -0.39 is 0 Å². The Morgan fingerprint density at radius 1 is 1.50 bits per heavy atom. The molecule has 0 amide bonds. The predicted molar refractivity (Wildman–Crippen MR) is 80.4 cm³/mol. The highest BCUT2D eigenvalue weighted by Gasteiger charge is 2.17. The van der Waals surface area contributed by atoms with Gasteiger partial charge < -0.3 is 5.73 Å². The maximum atomic E-state index is 12.4. The second-order valence-electron chi connectivity index (χ2n) is 4.52. The minimum atomic E-state index is 0.0356. The van der Waals surface area contributed by atoms with Crippen molar-refractivity contribution in [2.24, 2.45) is 12.8 Å². The van der Waals surface area contributed by atoms with Gasteiger partial charge >= 0.3 is 0 Å². The van der Waals surface area contributed by atoms with Crippen molar-refractivity contribution in [1.29, 1.82) is 0 Å². The van der Waals surface area contributed by atoms with Crippen molar-refractivity contribution in [3.05, 3.63) is 45.4 Å². The Morgan fingerprint density at radius 2 is 2.25 bits per heavy atom. The first-order valence-electron chi connectivity index (χ1n) is 6.45. The molecule has 0 unspecified atom stereocenters. The number of Topliss-reactive ketones (excluding diaryl/α,β-unsaturated/α-hetero) is 1. The first kappa shape index (κ1) is 14.9. The average molecular weight is 337 g/mol. The van der Waals surface area contributed by atoms with Gasteiger partial charge in [0.25, 0.3) is 0 Å². The van der Waals surface area contributed by atoms with Crippen LogP contribution in [0.5, 0.6) is 0 Å². The first-order chi connectivity index (χ1) is 9.56. The highest BCUT2D eigenvalue weighted by molar-refractivity contribution is 9.10. The van der Waals surface area contributed by atoms with Gasteiger partial charge in [0.05, 0.1) is 28.0 Å². The molecule has 0 radical (unpaired) electrons. The second-order valence-corrected chi connectivity index (χ2v) is 5.32. The lowest BCUT2D eigenvalue weighted by molar-refractivity contribution is 0.0990. The molecule has 0 saturated carbocycles. The molecule has 0 fully saturated rings. The molecule has 6 heteroatoms. The third kappa shape index (κ3) is 2.96. The number of nitrogens with zero attached hydrogens (tertiary/aromatic N) is 3. The van der Waals surface area contributed by atoms with Crippen LogP contribution in [0.15, 0.2) is 22.8 Å². The van der Waals surface area contributed by atoms with Gasteiger partial charge in [0, 0.05) is 25.4 Å². The topological polar surface area (TPSA) is 73.8 Å². The van der Waals surface area contributed by atoms with Crippen LogP contribution in [0, 0.1) is 0 Å². The van der Waals surface area contributed by atoms with E-state index in [1.165, 1.54) is 0 Å². The number of pyridine rings is 1. The molecule has 0 aliphatic carbocycles. The number of aryl methyl sites for hydroxylation is 2. The minimum Gasteiger partial charge on any atom is -0.325 e. The average Bonchev–Trinajstić information content (AvgIpc) is 2.74. The van der Waals surface area contributed by atoms with Crippen LogP contribution in [0.4, 0.5) is 0 Å². The van der Waals surface area contributed by atoms with E-state index >= 15 is 0 Å². The van der Waals surface area contributed by atoms with Crippen LogP contribution >= 0.6 is 15.9 Å². The zero-order chi connectivity index (χ0) is 14.7. The zero-order valence-corrected chi connectivity index (χ0v) is 13.1. The monoisotopic (exact) mass is 336 g/mol. The third-order valence-corrected chi connectivity index (χ3v) is 4.09. The van der Waals surface area contributed by atoms with E-state index in [1.54, 1.807) is 23.0 Å². The molecule has 2 aromatic rings. The smallest absolute Gasteiger partial charge is 0.168 e. The highest BCUT2D eigenvalue weighted by atomic mass is 79.9. The predicted octanol–water partition coefficient (Wildman–Crippen LogP) is 2.02. The van der Waals surface area contributed by atoms with Gasteiger partial charge in [0.2, 0.25) is 0 Å². The van der Waals surface area contributed by atoms with Crippen LogP contribution in [-0.2, 0) is 26.4 Å². The number of carbonyl (C=O) groups excluding carboxylic acids is 1. The Balaban J connectivity index is 2.25. The fourth-order valence-electron chi connectivity index (χ4n) is 2.03. The molecule has 0 aromatic carbocycles. The second kappa shape index (κ2) is 6.28.